The maximum Gasteiger partial charge on any atom is 0.142 e. The molecule has 1 heterocycles. The highest BCUT2D eigenvalue weighted by atomic mass is 16.5. The number of benzene rings is 1. The molecule has 0 radical (unpaired) electrons. The van der Waals surface area contributed by atoms with E-state index in [9.17, 15) is 0 Å². The van der Waals surface area contributed by atoms with E-state index < -0.39 is 0 Å². The third-order valence-electron chi connectivity index (χ3n) is 3.48. The van der Waals surface area contributed by atoms with Gasteiger partial charge in [-0.3, -0.25) is 0 Å². The molecule has 1 aliphatic heterocycles. The van der Waals surface area contributed by atoms with E-state index in [-0.39, 0.29) is 0 Å². The molecule has 0 amide bonds. The van der Waals surface area contributed by atoms with Crippen LogP contribution in [0.25, 0.3) is 0 Å². The Morgan fingerprint density at radius 2 is 1.90 bits per heavy atom. The normalized spacial score (nSPS) is 15.9. The second kappa shape index (κ2) is 8.00. The summed E-state index contributed by atoms with van der Waals surface area (Å²) in [4.78, 5) is 0. The van der Waals surface area contributed by atoms with E-state index in [1.807, 2.05) is 32.0 Å². The standard InChI is InChI=1S/C16H25NO3/c1-3-19-14-5-6-16(20-4-2)15(11-14)17-12-13-7-9-18-10-8-13/h5-6,11,13,17H,3-4,7-10,12H2,1-2H3. The van der Waals surface area contributed by atoms with Crippen molar-refractivity contribution in [2.45, 2.75) is 26.7 Å². The monoisotopic (exact) mass is 279 g/mol. The smallest absolute Gasteiger partial charge is 0.142 e. The minimum Gasteiger partial charge on any atom is -0.494 e. The van der Waals surface area contributed by atoms with Gasteiger partial charge in [-0.1, -0.05) is 0 Å². The summed E-state index contributed by atoms with van der Waals surface area (Å²) in [6.45, 7) is 8.05. The van der Waals surface area contributed by atoms with E-state index in [4.69, 9.17) is 14.2 Å². The molecule has 1 fully saturated rings. The number of hydrogen-bond acceptors (Lipinski definition) is 4. The summed E-state index contributed by atoms with van der Waals surface area (Å²) in [7, 11) is 0. The van der Waals surface area contributed by atoms with Crippen molar-refractivity contribution in [1.29, 1.82) is 0 Å². The van der Waals surface area contributed by atoms with Gasteiger partial charge >= 0.3 is 0 Å². The Hall–Kier alpha value is -1.42. The molecular formula is C16H25NO3. The van der Waals surface area contributed by atoms with E-state index in [0.717, 1.165) is 49.8 Å². The van der Waals surface area contributed by atoms with Gasteiger partial charge in [0.25, 0.3) is 0 Å². The van der Waals surface area contributed by atoms with Crippen LogP contribution in [0.4, 0.5) is 5.69 Å². The van der Waals surface area contributed by atoms with Crippen molar-refractivity contribution >= 4 is 5.69 Å². The zero-order chi connectivity index (χ0) is 14.2. The van der Waals surface area contributed by atoms with Crippen molar-refractivity contribution in [3.63, 3.8) is 0 Å². The lowest BCUT2D eigenvalue weighted by molar-refractivity contribution is 0.0699. The fourth-order valence-electron chi connectivity index (χ4n) is 2.39. The Bertz CT molecular complexity index is 403. The number of nitrogens with one attached hydrogen (secondary N) is 1. The summed E-state index contributed by atoms with van der Waals surface area (Å²) < 4.78 is 16.6. The van der Waals surface area contributed by atoms with Gasteiger partial charge < -0.3 is 19.5 Å². The first-order valence-corrected chi connectivity index (χ1v) is 7.54. The van der Waals surface area contributed by atoms with Crippen molar-refractivity contribution in [2.24, 2.45) is 5.92 Å². The highest BCUT2D eigenvalue weighted by Crippen LogP contribution is 2.30. The summed E-state index contributed by atoms with van der Waals surface area (Å²) >= 11 is 0. The first-order valence-electron chi connectivity index (χ1n) is 7.54. The Balaban J connectivity index is 2.00. The second-order valence-corrected chi connectivity index (χ2v) is 4.96. The summed E-state index contributed by atoms with van der Waals surface area (Å²) in [6, 6.07) is 5.95. The van der Waals surface area contributed by atoms with Gasteiger partial charge in [0.1, 0.15) is 11.5 Å². The van der Waals surface area contributed by atoms with Gasteiger partial charge in [-0.2, -0.15) is 0 Å². The highest BCUT2D eigenvalue weighted by molar-refractivity contribution is 5.59. The van der Waals surface area contributed by atoms with E-state index in [0.29, 0.717) is 19.1 Å². The van der Waals surface area contributed by atoms with Crippen LogP contribution < -0.4 is 14.8 Å². The number of anilines is 1. The van der Waals surface area contributed by atoms with Gasteiger partial charge in [-0.05, 0) is 44.7 Å². The van der Waals surface area contributed by atoms with Crippen molar-refractivity contribution < 1.29 is 14.2 Å². The summed E-state index contributed by atoms with van der Waals surface area (Å²) in [6.07, 6.45) is 2.25. The van der Waals surface area contributed by atoms with E-state index in [1.54, 1.807) is 0 Å². The third-order valence-corrected chi connectivity index (χ3v) is 3.48. The molecule has 0 spiro atoms. The molecule has 1 aromatic rings. The predicted octanol–water partition coefficient (Wildman–Crippen LogP) is 3.32. The Morgan fingerprint density at radius 1 is 1.15 bits per heavy atom. The largest absolute Gasteiger partial charge is 0.494 e. The van der Waals surface area contributed by atoms with Crippen LogP contribution in [-0.4, -0.2) is 33.0 Å². The average molecular weight is 279 g/mol. The van der Waals surface area contributed by atoms with E-state index in [2.05, 4.69) is 5.32 Å². The zero-order valence-electron chi connectivity index (χ0n) is 12.5. The van der Waals surface area contributed by atoms with Gasteiger partial charge in [-0.25, -0.2) is 0 Å². The van der Waals surface area contributed by atoms with Crippen LogP contribution in [-0.2, 0) is 4.74 Å². The molecule has 0 atom stereocenters. The van der Waals surface area contributed by atoms with Crippen LogP contribution in [0.5, 0.6) is 11.5 Å². The average Bonchev–Trinajstić information content (AvgIpc) is 2.49. The summed E-state index contributed by atoms with van der Waals surface area (Å²) in [5, 5.41) is 3.51. The summed E-state index contributed by atoms with van der Waals surface area (Å²) in [5.41, 5.74) is 1.02. The van der Waals surface area contributed by atoms with Crippen LogP contribution >= 0.6 is 0 Å². The second-order valence-electron chi connectivity index (χ2n) is 4.96. The van der Waals surface area contributed by atoms with Gasteiger partial charge in [0, 0.05) is 25.8 Å². The number of ether oxygens (including phenoxy) is 3. The van der Waals surface area contributed by atoms with Gasteiger partial charge in [0.2, 0.25) is 0 Å². The lowest BCUT2D eigenvalue weighted by Gasteiger charge is -2.23. The lowest BCUT2D eigenvalue weighted by atomic mass is 10.0. The molecule has 1 saturated heterocycles. The van der Waals surface area contributed by atoms with Crippen molar-refractivity contribution in [3.05, 3.63) is 18.2 Å². The Kier molecular flexibility index (Phi) is 5.99. The fraction of sp³-hybridized carbons (Fsp3) is 0.625. The van der Waals surface area contributed by atoms with Gasteiger partial charge in [0.15, 0.2) is 0 Å². The molecule has 1 aromatic carbocycles. The Labute approximate surface area is 121 Å². The molecule has 0 aliphatic carbocycles. The molecule has 0 saturated carbocycles. The summed E-state index contributed by atoms with van der Waals surface area (Å²) in [5.74, 6) is 2.45. The number of rotatable bonds is 7. The van der Waals surface area contributed by atoms with Crippen molar-refractivity contribution in [2.75, 3.05) is 38.3 Å². The van der Waals surface area contributed by atoms with E-state index >= 15 is 0 Å². The van der Waals surface area contributed by atoms with E-state index in [1.165, 1.54) is 0 Å². The molecule has 4 nitrogen and oxygen atoms in total. The Morgan fingerprint density at radius 3 is 2.60 bits per heavy atom. The first kappa shape index (κ1) is 15.0. The van der Waals surface area contributed by atoms with Gasteiger partial charge in [0.05, 0.1) is 18.9 Å². The van der Waals surface area contributed by atoms with Crippen LogP contribution in [0, 0.1) is 5.92 Å². The maximum atomic E-state index is 5.67. The maximum absolute atomic E-state index is 5.67. The quantitative estimate of drug-likeness (QED) is 0.831. The van der Waals surface area contributed by atoms with Crippen molar-refractivity contribution in [1.82, 2.24) is 0 Å². The molecule has 1 aliphatic rings. The van der Waals surface area contributed by atoms with Crippen LogP contribution in [0.1, 0.15) is 26.7 Å². The minimum absolute atomic E-state index is 0.667. The van der Waals surface area contributed by atoms with Crippen LogP contribution in [0.3, 0.4) is 0 Å². The topological polar surface area (TPSA) is 39.7 Å². The molecule has 2 rings (SSSR count). The molecule has 0 bridgehead atoms. The third kappa shape index (κ3) is 4.30. The lowest BCUT2D eigenvalue weighted by Crippen LogP contribution is -2.22. The molecule has 1 N–H and O–H groups in total. The fourth-order valence-corrected chi connectivity index (χ4v) is 2.39. The van der Waals surface area contributed by atoms with Crippen LogP contribution in [0.15, 0.2) is 18.2 Å². The molecular weight excluding hydrogens is 254 g/mol. The van der Waals surface area contributed by atoms with Crippen LogP contribution in [0.2, 0.25) is 0 Å². The number of hydrogen-bond donors (Lipinski definition) is 1. The van der Waals surface area contributed by atoms with Crippen molar-refractivity contribution in [3.8, 4) is 11.5 Å². The SMILES string of the molecule is CCOc1ccc(OCC)c(NCC2CCOCC2)c1. The predicted molar refractivity (Wildman–Crippen MR) is 80.8 cm³/mol. The molecule has 112 valence electrons. The minimum atomic E-state index is 0.667. The van der Waals surface area contributed by atoms with Gasteiger partial charge in [-0.15, -0.1) is 0 Å². The zero-order valence-corrected chi connectivity index (χ0v) is 12.5. The first-order chi connectivity index (χ1) is 9.83. The highest BCUT2D eigenvalue weighted by Gasteiger charge is 2.14. The molecule has 4 heteroatoms. The molecule has 0 aromatic heterocycles. The molecule has 0 unspecified atom stereocenters. The molecule has 20 heavy (non-hydrogen) atoms.